The fourth-order valence-electron chi connectivity index (χ4n) is 4.62. The topological polar surface area (TPSA) is 162 Å². The SMILES string of the molecule is CCCC[C@H](C)CCC(=O)N(C(=O)[C@H](N)[C@H](C)CC)[C@@H](C[C@@]1(O)C=Nc2ccccc21)C(=O)N[C@@H](C)C(=O)O. The number of aliphatic carboxylic acids is 1. The van der Waals surface area contributed by atoms with Gasteiger partial charge in [-0.1, -0.05) is 71.6 Å². The van der Waals surface area contributed by atoms with E-state index in [9.17, 15) is 29.4 Å². The van der Waals surface area contributed by atoms with Crippen LogP contribution in [0.25, 0.3) is 0 Å². The van der Waals surface area contributed by atoms with E-state index in [-0.39, 0.29) is 18.3 Å². The Balaban J connectivity index is 2.51. The number of amides is 3. The van der Waals surface area contributed by atoms with E-state index in [0.29, 0.717) is 24.1 Å². The molecule has 1 heterocycles. The highest BCUT2D eigenvalue weighted by Gasteiger charge is 2.45. The lowest BCUT2D eigenvalue weighted by Crippen LogP contribution is -2.60. The standard InChI is InChI=1S/C29H44N4O6/c1-6-8-11-18(3)14-15-24(34)33(27(36)25(30)19(4)7-2)23(26(35)32-20(5)28(37)38)16-29(39)17-31-22-13-10-9-12-21(22)29/h9-10,12-13,17-20,23,25,39H,6-8,11,14-16,30H2,1-5H3,(H,32,35)(H,37,38)/t18-,19+,20-,23-,25+,29+/m0/s1. The molecule has 6 atom stereocenters. The summed E-state index contributed by atoms with van der Waals surface area (Å²) in [5.41, 5.74) is 5.44. The van der Waals surface area contributed by atoms with Gasteiger partial charge in [0, 0.05) is 24.6 Å². The Morgan fingerprint density at radius 2 is 1.77 bits per heavy atom. The van der Waals surface area contributed by atoms with Crippen LogP contribution in [0.2, 0.25) is 0 Å². The first-order valence-electron chi connectivity index (χ1n) is 13.9. The van der Waals surface area contributed by atoms with Gasteiger partial charge in [0.1, 0.15) is 17.7 Å². The number of carbonyl (C=O) groups excluding carboxylic acids is 3. The molecule has 1 aromatic rings. The number of nitrogens with zero attached hydrogens (tertiary/aromatic N) is 2. The van der Waals surface area contributed by atoms with Crippen LogP contribution < -0.4 is 11.1 Å². The molecule has 3 amide bonds. The molecule has 216 valence electrons. The minimum atomic E-state index is -1.77. The van der Waals surface area contributed by atoms with Gasteiger partial charge < -0.3 is 21.3 Å². The number of fused-ring (bicyclic) bond motifs is 1. The zero-order chi connectivity index (χ0) is 29.3. The molecule has 0 aromatic heterocycles. The summed E-state index contributed by atoms with van der Waals surface area (Å²) in [4.78, 5) is 57.7. The minimum Gasteiger partial charge on any atom is -0.480 e. The highest BCUT2D eigenvalue weighted by Crippen LogP contribution is 2.39. The number of benzene rings is 1. The van der Waals surface area contributed by atoms with Crippen LogP contribution in [0.1, 0.15) is 85.1 Å². The van der Waals surface area contributed by atoms with Gasteiger partial charge in [-0.2, -0.15) is 0 Å². The van der Waals surface area contributed by atoms with E-state index in [1.54, 1.807) is 31.2 Å². The van der Waals surface area contributed by atoms with Crippen LogP contribution in [-0.2, 0) is 24.8 Å². The van der Waals surface area contributed by atoms with Crippen molar-refractivity contribution in [1.82, 2.24) is 10.2 Å². The number of aliphatic imine (C=N–C) groups is 1. The van der Waals surface area contributed by atoms with Crippen molar-refractivity contribution in [2.75, 3.05) is 0 Å². The van der Waals surface area contributed by atoms with Crippen LogP contribution in [0.4, 0.5) is 5.69 Å². The normalized spacial score (nSPS) is 19.9. The zero-order valence-electron chi connectivity index (χ0n) is 23.7. The number of unbranched alkanes of at least 4 members (excludes halogenated alkanes) is 1. The van der Waals surface area contributed by atoms with E-state index in [0.717, 1.165) is 24.2 Å². The molecule has 0 spiro atoms. The van der Waals surface area contributed by atoms with Crippen LogP contribution in [0.15, 0.2) is 29.3 Å². The molecule has 1 aromatic carbocycles. The maximum absolute atomic E-state index is 13.8. The molecule has 1 aliphatic rings. The van der Waals surface area contributed by atoms with Crippen molar-refractivity contribution in [2.24, 2.45) is 22.6 Å². The summed E-state index contributed by atoms with van der Waals surface area (Å²) >= 11 is 0. The average Bonchev–Trinajstić information content (AvgIpc) is 3.25. The summed E-state index contributed by atoms with van der Waals surface area (Å²) in [6, 6.07) is 2.96. The van der Waals surface area contributed by atoms with Gasteiger partial charge in [-0.15, -0.1) is 0 Å². The monoisotopic (exact) mass is 544 g/mol. The maximum Gasteiger partial charge on any atom is 0.325 e. The van der Waals surface area contributed by atoms with Gasteiger partial charge >= 0.3 is 5.97 Å². The molecule has 0 saturated carbocycles. The molecule has 0 aliphatic carbocycles. The molecule has 0 saturated heterocycles. The van der Waals surface area contributed by atoms with Crippen molar-refractivity contribution in [2.45, 2.75) is 103 Å². The third kappa shape index (κ3) is 8.19. The quantitative estimate of drug-likeness (QED) is 0.263. The summed E-state index contributed by atoms with van der Waals surface area (Å²) in [7, 11) is 0. The number of aliphatic hydroxyl groups is 1. The third-order valence-electron chi connectivity index (χ3n) is 7.59. The van der Waals surface area contributed by atoms with Gasteiger partial charge in [0.15, 0.2) is 0 Å². The number of carboxylic acid groups (broad SMARTS) is 1. The van der Waals surface area contributed by atoms with Gasteiger partial charge in [0.2, 0.25) is 17.7 Å². The summed E-state index contributed by atoms with van der Waals surface area (Å²) in [5.74, 6) is -3.52. The predicted octanol–water partition coefficient (Wildman–Crippen LogP) is 3.27. The number of para-hydroxylation sites is 1. The molecule has 5 N–H and O–H groups in total. The number of imide groups is 1. The van der Waals surface area contributed by atoms with Crippen LogP contribution in [0.5, 0.6) is 0 Å². The van der Waals surface area contributed by atoms with E-state index in [1.165, 1.54) is 13.1 Å². The fourth-order valence-corrected chi connectivity index (χ4v) is 4.62. The van der Waals surface area contributed by atoms with Gasteiger partial charge in [0.25, 0.3) is 0 Å². The summed E-state index contributed by atoms with van der Waals surface area (Å²) < 4.78 is 0. The zero-order valence-corrected chi connectivity index (χ0v) is 23.7. The Bertz CT molecular complexity index is 1060. The van der Waals surface area contributed by atoms with E-state index >= 15 is 0 Å². The Labute approximate surface area is 231 Å². The predicted molar refractivity (Wildman–Crippen MR) is 149 cm³/mol. The largest absolute Gasteiger partial charge is 0.480 e. The second-order valence-corrected chi connectivity index (χ2v) is 10.8. The lowest BCUT2D eigenvalue weighted by molar-refractivity contribution is -0.155. The Morgan fingerprint density at radius 1 is 1.10 bits per heavy atom. The second-order valence-electron chi connectivity index (χ2n) is 10.8. The number of rotatable bonds is 15. The second kappa shape index (κ2) is 14.3. The first-order valence-corrected chi connectivity index (χ1v) is 13.9. The number of carboxylic acids is 1. The Hall–Kier alpha value is -3.11. The molecule has 10 heteroatoms. The van der Waals surface area contributed by atoms with Gasteiger partial charge in [0.05, 0.1) is 11.7 Å². The van der Waals surface area contributed by atoms with Gasteiger partial charge in [-0.05, 0) is 31.2 Å². The van der Waals surface area contributed by atoms with E-state index in [2.05, 4.69) is 17.2 Å². The lowest BCUT2D eigenvalue weighted by atomic mass is 9.87. The summed E-state index contributed by atoms with van der Waals surface area (Å²) in [5, 5.41) is 23.4. The van der Waals surface area contributed by atoms with E-state index < -0.39 is 53.8 Å². The smallest absolute Gasteiger partial charge is 0.325 e. The molecular weight excluding hydrogens is 500 g/mol. The minimum absolute atomic E-state index is 0.00517. The van der Waals surface area contributed by atoms with Crippen molar-refractivity contribution in [3.63, 3.8) is 0 Å². The van der Waals surface area contributed by atoms with E-state index in [4.69, 9.17) is 5.73 Å². The van der Waals surface area contributed by atoms with Crippen molar-refractivity contribution in [1.29, 1.82) is 0 Å². The number of nitrogens with two attached hydrogens (primary N) is 1. The lowest BCUT2D eigenvalue weighted by Gasteiger charge is -2.36. The first kappa shape index (κ1) is 32.1. The van der Waals surface area contributed by atoms with Gasteiger partial charge in [-0.25, -0.2) is 0 Å². The number of hydrogen-bond acceptors (Lipinski definition) is 7. The van der Waals surface area contributed by atoms with E-state index in [1.807, 2.05) is 13.8 Å². The molecule has 10 nitrogen and oxygen atoms in total. The van der Waals surface area contributed by atoms with Crippen molar-refractivity contribution in [3.8, 4) is 0 Å². The van der Waals surface area contributed by atoms with Crippen LogP contribution >= 0.6 is 0 Å². The maximum atomic E-state index is 13.8. The fraction of sp³-hybridized carbons (Fsp3) is 0.621. The Kier molecular flexibility index (Phi) is 11.8. The summed E-state index contributed by atoms with van der Waals surface area (Å²) in [6.07, 6.45) is 4.94. The molecular formula is C29H44N4O6. The molecule has 0 radical (unpaired) electrons. The molecule has 0 fully saturated rings. The highest BCUT2D eigenvalue weighted by molar-refractivity contribution is 6.03. The average molecular weight is 545 g/mol. The van der Waals surface area contributed by atoms with Crippen molar-refractivity contribution >= 4 is 35.6 Å². The highest BCUT2D eigenvalue weighted by atomic mass is 16.4. The Morgan fingerprint density at radius 3 is 2.38 bits per heavy atom. The first-order chi connectivity index (χ1) is 18.4. The molecule has 1 aliphatic heterocycles. The van der Waals surface area contributed by atoms with Crippen LogP contribution in [-0.4, -0.2) is 63.1 Å². The molecule has 0 bridgehead atoms. The summed E-state index contributed by atoms with van der Waals surface area (Å²) in [6.45, 7) is 9.06. The molecule has 0 unspecified atom stereocenters. The molecule has 2 rings (SSSR count). The van der Waals surface area contributed by atoms with Crippen LogP contribution in [0.3, 0.4) is 0 Å². The van der Waals surface area contributed by atoms with Crippen molar-refractivity contribution in [3.05, 3.63) is 29.8 Å². The van der Waals surface area contributed by atoms with Crippen molar-refractivity contribution < 1.29 is 29.4 Å². The molecule has 39 heavy (non-hydrogen) atoms. The van der Waals surface area contributed by atoms with Gasteiger partial charge in [-0.3, -0.25) is 29.1 Å². The third-order valence-corrected chi connectivity index (χ3v) is 7.59. The van der Waals surface area contributed by atoms with Crippen LogP contribution in [0, 0.1) is 11.8 Å². The number of nitrogens with one attached hydrogen (secondary N) is 1. The number of hydrogen-bond donors (Lipinski definition) is 4. The number of carbonyl (C=O) groups is 4.